The topological polar surface area (TPSA) is 72.4 Å². The summed E-state index contributed by atoms with van der Waals surface area (Å²) < 4.78 is 10.9. The summed E-state index contributed by atoms with van der Waals surface area (Å²) in [5.41, 5.74) is 1.43. The molecule has 1 amide bonds. The van der Waals surface area contributed by atoms with Gasteiger partial charge in [-0.05, 0) is 51.0 Å². The summed E-state index contributed by atoms with van der Waals surface area (Å²) >= 11 is 0. The van der Waals surface area contributed by atoms with Crippen LogP contribution >= 0.6 is 0 Å². The lowest BCUT2D eigenvalue weighted by Crippen LogP contribution is -2.30. The van der Waals surface area contributed by atoms with Crippen molar-refractivity contribution in [3.63, 3.8) is 0 Å². The first kappa shape index (κ1) is 15.9. The third-order valence-corrected chi connectivity index (χ3v) is 4.83. The predicted octanol–water partition coefficient (Wildman–Crippen LogP) is 4.05. The van der Waals surface area contributed by atoms with Crippen LogP contribution in [-0.2, 0) is 6.54 Å². The van der Waals surface area contributed by atoms with E-state index in [2.05, 4.69) is 10.1 Å². The van der Waals surface area contributed by atoms with Crippen molar-refractivity contribution in [2.24, 2.45) is 0 Å². The average molecular weight is 339 g/mol. The molecule has 0 N–H and O–H groups in total. The Morgan fingerprint density at radius 2 is 2.16 bits per heavy atom. The van der Waals surface area contributed by atoms with Gasteiger partial charge in [0.2, 0.25) is 5.89 Å². The highest BCUT2D eigenvalue weighted by molar-refractivity contribution is 5.97. The molecular weight excluding hydrogens is 318 g/mol. The fourth-order valence-corrected chi connectivity index (χ4v) is 3.14. The number of hydrogen-bond acceptors (Lipinski definition) is 5. The first-order valence-corrected chi connectivity index (χ1v) is 8.76. The van der Waals surface area contributed by atoms with Crippen LogP contribution in [0.25, 0.3) is 11.0 Å². The van der Waals surface area contributed by atoms with E-state index in [4.69, 9.17) is 8.94 Å². The molecule has 0 radical (unpaired) electrons. The van der Waals surface area contributed by atoms with Gasteiger partial charge < -0.3 is 13.8 Å². The molecule has 6 nitrogen and oxygen atoms in total. The zero-order chi connectivity index (χ0) is 17.4. The molecule has 0 spiro atoms. The fraction of sp³-hybridized carbons (Fsp3) is 0.421. The van der Waals surface area contributed by atoms with E-state index in [0.29, 0.717) is 36.3 Å². The van der Waals surface area contributed by atoms with Gasteiger partial charge in [-0.15, -0.1) is 0 Å². The SMILES string of the molecule is CCN(Cc1noc(C2CCC2)n1)C(=O)c1ccc2oc(C)cc2c1. The third kappa shape index (κ3) is 3.04. The highest BCUT2D eigenvalue weighted by Crippen LogP contribution is 2.35. The molecule has 1 aliphatic rings. The molecule has 2 aromatic heterocycles. The van der Waals surface area contributed by atoms with Crippen molar-refractivity contribution in [3.05, 3.63) is 47.3 Å². The summed E-state index contributed by atoms with van der Waals surface area (Å²) in [6, 6.07) is 7.44. The minimum Gasteiger partial charge on any atom is -0.461 e. The second-order valence-electron chi connectivity index (χ2n) is 6.61. The molecule has 1 aromatic carbocycles. The molecule has 4 rings (SSSR count). The van der Waals surface area contributed by atoms with E-state index < -0.39 is 0 Å². The van der Waals surface area contributed by atoms with E-state index in [1.165, 1.54) is 6.42 Å². The van der Waals surface area contributed by atoms with E-state index in [0.717, 1.165) is 29.6 Å². The van der Waals surface area contributed by atoms with Crippen molar-refractivity contribution in [1.82, 2.24) is 15.0 Å². The van der Waals surface area contributed by atoms with Crippen LogP contribution < -0.4 is 0 Å². The highest BCUT2D eigenvalue weighted by atomic mass is 16.5. The number of benzene rings is 1. The number of fused-ring (bicyclic) bond motifs is 1. The molecule has 130 valence electrons. The Morgan fingerprint density at radius 3 is 2.88 bits per heavy atom. The van der Waals surface area contributed by atoms with Gasteiger partial charge in [0.1, 0.15) is 11.3 Å². The summed E-state index contributed by atoms with van der Waals surface area (Å²) in [6.45, 7) is 4.78. The Kier molecular flexibility index (Phi) is 4.03. The van der Waals surface area contributed by atoms with Crippen LogP contribution in [0.15, 0.2) is 33.2 Å². The molecule has 1 fully saturated rings. The van der Waals surface area contributed by atoms with Gasteiger partial charge in [0.25, 0.3) is 5.91 Å². The van der Waals surface area contributed by atoms with Crippen LogP contribution in [0.5, 0.6) is 0 Å². The second kappa shape index (κ2) is 6.35. The number of carbonyl (C=O) groups excluding carboxylic acids is 1. The number of nitrogens with zero attached hydrogens (tertiary/aromatic N) is 3. The van der Waals surface area contributed by atoms with Crippen molar-refractivity contribution in [3.8, 4) is 0 Å². The maximum absolute atomic E-state index is 12.8. The molecular formula is C19H21N3O3. The summed E-state index contributed by atoms with van der Waals surface area (Å²) in [5, 5.41) is 4.98. The van der Waals surface area contributed by atoms with Gasteiger partial charge in [-0.2, -0.15) is 4.98 Å². The average Bonchev–Trinajstić information content (AvgIpc) is 3.15. The van der Waals surface area contributed by atoms with Crippen molar-refractivity contribution in [1.29, 1.82) is 0 Å². The summed E-state index contributed by atoms with van der Waals surface area (Å²) in [7, 11) is 0. The number of aryl methyl sites for hydroxylation is 1. The van der Waals surface area contributed by atoms with E-state index in [1.54, 1.807) is 11.0 Å². The normalized spacial score (nSPS) is 14.6. The molecule has 1 aliphatic carbocycles. The maximum atomic E-state index is 12.8. The Bertz CT molecular complexity index is 908. The smallest absolute Gasteiger partial charge is 0.254 e. The van der Waals surface area contributed by atoms with Crippen LogP contribution in [0, 0.1) is 6.92 Å². The number of furan rings is 1. The van der Waals surface area contributed by atoms with E-state index in [-0.39, 0.29) is 5.91 Å². The molecule has 0 aliphatic heterocycles. The molecule has 1 saturated carbocycles. The minimum atomic E-state index is -0.0433. The van der Waals surface area contributed by atoms with Crippen LogP contribution in [0.2, 0.25) is 0 Å². The standard InChI is InChI=1S/C19H21N3O3/c1-3-22(11-17-20-18(25-21-17)13-5-4-6-13)19(23)14-7-8-16-15(10-14)9-12(2)24-16/h7-10,13H,3-6,11H2,1-2H3. The zero-order valence-corrected chi connectivity index (χ0v) is 14.5. The molecule has 2 heterocycles. The summed E-state index contributed by atoms with van der Waals surface area (Å²) in [6.07, 6.45) is 3.45. The Hall–Kier alpha value is -2.63. The number of aromatic nitrogens is 2. The lowest BCUT2D eigenvalue weighted by molar-refractivity contribution is 0.0747. The quantitative estimate of drug-likeness (QED) is 0.701. The molecule has 0 unspecified atom stereocenters. The first-order chi connectivity index (χ1) is 12.1. The number of hydrogen-bond donors (Lipinski definition) is 0. The number of amides is 1. The van der Waals surface area contributed by atoms with E-state index in [1.807, 2.05) is 32.0 Å². The molecule has 3 aromatic rings. The predicted molar refractivity (Wildman–Crippen MR) is 92.3 cm³/mol. The lowest BCUT2D eigenvalue weighted by Gasteiger charge is -2.21. The molecule has 0 bridgehead atoms. The largest absolute Gasteiger partial charge is 0.461 e. The van der Waals surface area contributed by atoms with Crippen molar-refractivity contribution >= 4 is 16.9 Å². The molecule has 0 saturated heterocycles. The molecule has 0 atom stereocenters. The van der Waals surface area contributed by atoms with Gasteiger partial charge in [-0.3, -0.25) is 4.79 Å². The number of rotatable bonds is 5. The lowest BCUT2D eigenvalue weighted by atomic mass is 9.85. The molecule has 6 heteroatoms. The third-order valence-electron chi connectivity index (χ3n) is 4.83. The minimum absolute atomic E-state index is 0.0433. The van der Waals surface area contributed by atoms with Gasteiger partial charge in [0, 0.05) is 23.4 Å². The first-order valence-electron chi connectivity index (χ1n) is 8.76. The Balaban J connectivity index is 1.52. The van der Waals surface area contributed by atoms with Gasteiger partial charge >= 0.3 is 0 Å². The highest BCUT2D eigenvalue weighted by Gasteiger charge is 2.26. The Morgan fingerprint density at radius 1 is 1.32 bits per heavy atom. The van der Waals surface area contributed by atoms with Crippen molar-refractivity contribution in [2.75, 3.05) is 6.54 Å². The van der Waals surface area contributed by atoms with Gasteiger partial charge in [0.15, 0.2) is 5.82 Å². The zero-order valence-electron chi connectivity index (χ0n) is 14.5. The van der Waals surface area contributed by atoms with Crippen LogP contribution in [0.4, 0.5) is 0 Å². The second-order valence-corrected chi connectivity index (χ2v) is 6.61. The van der Waals surface area contributed by atoms with Crippen molar-refractivity contribution in [2.45, 2.75) is 45.6 Å². The number of carbonyl (C=O) groups is 1. The van der Waals surface area contributed by atoms with Crippen LogP contribution in [0.1, 0.15) is 59.9 Å². The maximum Gasteiger partial charge on any atom is 0.254 e. The summed E-state index contributed by atoms with van der Waals surface area (Å²) in [4.78, 5) is 19.0. The van der Waals surface area contributed by atoms with Crippen LogP contribution in [-0.4, -0.2) is 27.5 Å². The Labute approximate surface area is 145 Å². The molecule has 25 heavy (non-hydrogen) atoms. The van der Waals surface area contributed by atoms with Crippen LogP contribution in [0.3, 0.4) is 0 Å². The van der Waals surface area contributed by atoms with E-state index >= 15 is 0 Å². The monoisotopic (exact) mass is 339 g/mol. The van der Waals surface area contributed by atoms with E-state index in [9.17, 15) is 4.79 Å². The van der Waals surface area contributed by atoms with Gasteiger partial charge in [-0.1, -0.05) is 11.6 Å². The summed E-state index contributed by atoms with van der Waals surface area (Å²) in [5.74, 6) is 2.47. The fourth-order valence-electron chi connectivity index (χ4n) is 3.14. The van der Waals surface area contributed by atoms with Gasteiger partial charge in [0.05, 0.1) is 6.54 Å². The van der Waals surface area contributed by atoms with Crippen molar-refractivity contribution < 1.29 is 13.7 Å². The van der Waals surface area contributed by atoms with Gasteiger partial charge in [-0.25, -0.2) is 0 Å².